The van der Waals surface area contributed by atoms with Gasteiger partial charge in [-0.3, -0.25) is 0 Å². The molecule has 0 radical (unpaired) electrons. The van der Waals surface area contributed by atoms with Gasteiger partial charge in [0.2, 0.25) is 0 Å². The van der Waals surface area contributed by atoms with Gasteiger partial charge in [0.25, 0.3) is 0 Å². The molecule has 0 nitrogen and oxygen atoms in total. The van der Waals surface area contributed by atoms with Crippen molar-refractivity contribution in [2.75, 3.05) is 0 Å². The predicted octanol–water partition coefficient (Wildman–Crippen LogP) is 7.54. The number of hydrogen-bond acceptors (Lipinski definition) is 0. The Morgan fingerprint density at radius 3 is 2.52 bits per heavy atom. The molecule has 0 heterocycles. The predicted molar refractivity (Wildman–Crippen MR) is 124 cm³/mol. The van der Waals surface area contributed by atoms with E-state index in [-0.39, 0.29) is 0 Å². The average Bonchev–Trinajstić information content (AvgIpc) is 2.72. The molecule has 0 amide bonds. The highest BCUT2D eigenvalue weighted by Gasteiger charge is 2.29. The summed E-state index contributed by atoms with van der Waals surface area (Å²) >= 11 is 2.57. The minimum Gasteiger partial charge on any atom is -0.0799 e. The maximum absolute atomic E-state index is 2.57. The summed E-state index contributed by atoms with van der Waals surface area (Å²) in [4.78, 5) is 0. The second-order valence-electron chi connectivity index (χ2n) is 7.95. The molecule has 0 N–H and O–H groups in total. The molecule has 1 heteroatoms. The van der Waals surface area contributed by atoms with Crippen LogP contribution in [0.5, 0.6) is 0 Å². The van der Waals surface area contributed by atoms with Crippen molar-refractivity contribution in [2.45, 2.75) is 25.2 Å². The Morgan fingerprint density at radius 2 is 1.59 bits per heavy atom. The van der Waals surface area contributed by atoms with Crippen molar-refractivity contribution >= 4 is 39.4 Å². The van der Waals surface area contributed by atoms with E-state index in [1.54, 1.807) is 0 Å². The summed E-state index contributed by atoms with van der Waals surface area (Å²) in [6, 6.07) is 24.6. The van der Waals surface area contributed by atoms with Crippen LogP contribution in [0.25, 0.3) is 16.8 Å². The zero-order valence-electron chi connectivity index (χ0n) is 15.3. The summed E-state index contributed by atoms with van der Waals surface area (Å²) in [5, 5.41) is 2.70. The minimum absolute atomic E-state index is 0.618. The number of allylic oxidation sites excluding steroid dienone is 3. The smallest absolute Gasteiger partial charge is 0.0111 e. The van der Waals surface area contributed by atoms with Crippen LogP contribution in [0.15, 0.2) is 82.5 Å². The van der Waals surface area contributed by atoms with Gasteiger partial charge in [-0.05, 0) is 90.6 Å². The van der Waals surface area contributed by atoms with E-state index in [1.807, 2.05) is 0 Å². The Morgan fingerprint density at radius 1 is 0.778 bits per heavy atom. The van der Waals surface area contributed by atoms with E-state index >= 15 is 0 Å². The van der Waals surface area contributed by atoms with Gasteiger partial charge in [0.1, 0.15) is 0 Å². The number of hydrogen-bond donors (Lipinski definition) is 0. The summed E-state index contributed by atoms with van der Waals surface area (Å²) in [6.45, 7) is 0. The third-order valence-electron chi connectivity index (χ3n) is 6.22. The maximum atomic E-state index is 2.57. The molecule has 5 rings (SSSR count). The summed E-state index contributed by atoms with van der Waals surface area (Å²) in [7, 11) is 0. The van der Waals surface area contributed by atoms with Gasteiger partial charge in [-0.15, -0.1) is 0 Å². The summed E-state index contributed by atoms with van der Waals surface area (Å²) in [5.41, 5.74) is 4.40. The first-order valence-corrected chi connectivity index (χ1v) is 10.9. The van der Waals surface area contributed by atoms with E-state index in [2.05, 4.69) is 108 Å². The number of rotatable bonds is 2. The molecule has 3 unspecified atom stereocenters. The quantitative estimate of drug-likeness (QED) is 0.345. The largest absolute Gasteiger partial charge is 0.0799 e. The van der Waals surface area contributed by atoms with E-state index < -0.39 is 0 Å². The Labute approximate surface area is 175 Å². The molecular weight excluding hydrogens is 439 g/mol. The van der Waals surface area contributed by atoms with Crippen LogP contribution in [0, 0.1) is 11.8 Å². The SMILES string of the molecule is IC1=CC(C2C=Cc3ccccc3C2)CC(c2ccc3ccccc3c2)C1. The maximum Gasteiger partial charge on any atom is -0.0111 e. The molecule has 0 aromatic heterocycles. The van der Waals surface area contributed by atoms with Crippen LogP contribution in [0.4, 0.5) is 0 Å². The molecule has 0 fully saturated rings. The monoisotopic (exact) mass is 462 g/mol. The molecule has 3 aromatic carbocycles. The molecule has 27 heavy (non-hydrogen) atoms. The number of fused-ring (bicyclic) bond motifs is 2. The third-order valence-corrected chi connectivity index (χ3v) is 7.02. The highest BCUT2D eigenvalue weighted by molar-refractivity contribution is 14.1. The molecular formula is C26H23I. The van der Waals surface area contributed by atoms with Crippen LogP contribution in [-0.2, 0) is 6.42 Å². The van der Waals surface area contributed by atoms with Crippen molar-refractivity contribution in [3.63, 3.8) is 0 Å². The molecule has 0 bridgehead atoms. The normalized spacial score (nSPS) is 24.5. The first-order valence-electron chi connectivity index (χ1n) is 9.87. The van der Waals surface area contributed by atoms with Gasteiger partial charge in [-0.25, -0.2) is 0 Å². The van der Waals surface area contributed by atoms with Crippen LogP contribution in [-0.4, -0.2) is 0 Å². The Kier molecular flexibility index (Phi) is 4.65. The van der Waals surface area contributed by atoms with Crippen molar-refractivity contribution in [3.8, 4) is 0 Å². The lowest BCUT2D eigenvalue weighted by Crippen LogP contribution is -2.22. The molecule has 0 spiro atoms. The van der Waals surface area contributed by atoms with E-state index in [4.69, 9.17) is 0 Å². The highest BCUT2D eigenvalue weighted by atomic mass is 127. The Hall–Kier alpha value is -1.87. The second kappa shape index (κ2) is 7.27. The number of halogens is 1. The summed E-state index contributed by atoms with van der Waals surface area (Å²) in [6.07, 6.45) is 10.9. The first kappa shape index (κ1) is 17.2. The van der Waals surface area contributed by atoms with Crippen LogP contribution in [0.1, 0.15) is 35.4 Å². The van der Waals surface area contributed by atoms with Gasteiger partial charge < -0.3 is 0 Å². The zero-order valence-corrected chi connectivity index (χ0v) is 17.5. The van der Waals surface area contributed by atoms with Gasteiger partial charge >= 0.3 is 0 Å². The summed E-state index contributed by atoms with van der Waals surface area (Å²) < 4.78 is 1.52. The molecule has 0 saturated carbocycles. The first-order chi connectivity index (χ1) is 13.3. The molecule has 3 aromatic rings. The zero-order chi connectivity index (χ0) is 18.2. The van der Waals surface area contributed by atoms with Crippen molar-refractivity contribution < 1.29 is 0 Å². The van der Waals surface area contributed by atoms with Crippen LogP contribution in [0.3, 0.4) is 0 Å². The van der Waals surface area contributed by atoms with Crippen molar-refractivity contribution in [3.05, 3.63) is 99.2 Å². The topological polar surface area (TPSA) is 0 Å². The van der Waals surface area contributed by atoms with Gasteiger partial charge in [0, 0.05) is 0 Å². The average molecular weight is 462 g/mol. The lowest BCUT2D eigenvalue weighted by molar-refractivity contribution is 0.387. The molecule has 0 saturated heterocycles. The van der Waals surface area contributed by atoms with Crippen molar-refractivity contribution in [2.24, 2.45) is 11.8 Å². The van der Waals surface area contributed by atoms with Gasteiger partial charge in [-0.2, -0.15) is 0 Å². The highest BCUT2D eigenvalue weighted by Crippen LogP contribution is 2.43. The Balaban J connectivity index is 1.42. The molecule has 2 aliphatic carbocycles. The van der Waals surface area contributed by atoms with Crippen LogP contribution in [0.2, 0.25) is 0 Å². The molecule has 134 valence electrons. The standard InChI is InChI=1S/C26H23I/c27-26-16-24(22-11-9-18-5-1-3-7-20(18)13-22)15-25(17-26)23-12-10-19-6-2-4-8-21(19)14-23/h1-13,17,23-25H,14-16H2. The fourth-order valence-corrected chi connectivity index (χ4v) is 5.75. The van der Waals surface area contributed by atoms with Crippen LogP contribution < -0.4 is 0 Å². The lowest BCUT2D eigenvalue weighted by Gasteiger charge is -2.33. The molecule has 2 aliphatic rings. The molecule has 0 aliphatic heterocycles. The van der Waals surface area contributed by atoms with E-state index in [0.29, 0.717) is 17.8 Å². The number of benzene rings is 3. The lowest BCUT2D eigenvalue weighted by atomic mass is 9.73. The van der Waals surface area contributed by atoms with Gasteiger partial charge in [-0.1, -0.05) is 85.0 Å². The fraction of sp³-hybridized carbons (Fsp3) is 0.231. The van der Waals surface area contributed by atoms with Crippen molar-refractivity contribution in [1.82, 2.24) is 0 Å². The third kappa shape index (κ3) is 3.50. The second-order valence-corrected chi connectivity index (χ2v) is 9.33. The fourth-order valence-electron chi connectivity index (χ4n) is 4.76. The van der Waals surface area contributed by atoms with Crippen LogP contribution >= 0.6 is 22.6 Å². The summed E-state index contributed by atoms with van der Waals surface area (Å²) in [5.74, 6) is 1.88. The van der Waals surface area contributed by atoms with E-state index in [1.165, 1.54) is 50.3 Å². The molecule has 3 atom stereocenters. The van der Waals surface area contributed by atoms with E-state index in [0.717, 1.165) is 0 Å². The van der Waals surface area contributed by atoms with E-state index in [9.17, 15) is 0 Å². The van der Waals surface area contributed by atoms with Gasteiger partial charge in [0.05, 0.1) is 0 Å². The Bertz CT molecular complexity index is 1040. The minimum atomic E-state index is 0.618. The van der Waals surface area contributed by atoms with Crippen molar-refractivity contribution in [1.29, 1.82) is 0 Å². The van der Waals surface area contributed by atoms with Gasteiger partial charge in [0.15, 0.2) is 0 Å².